The third-order valence-electron chi connectivity index (χ3n) is 12.5. The van der Waals surface area contributed by atoms with E-state index in [4.69, 9.17) is 15.0 Å². The van der Waals surface area contributed by atoms with Gasteiger partial charge in [-0.05, 0) is 70.8 Å². The van der Waals surface area contributed by atoms with Crippen LogP contribution in [-0.2, 0) is 5.41 Å². The zero-order valence-corrected chi connectivity index (χ0v) is 33.8. The van der Waals surface area contributed by atoms with Crippen LogP contribution in [0.25, 0.3) is 101 Å². The summed E-state index contributed by atoms with van der Waals surface area (Å²) in [5.41, 5.74) is 16.0. The van der Waals surface area contributed by atoms with Crippen molar-refractivity contribution in [1.29, 1.82) is 0 Å². The summed E-state index contributed by atoms with van der Waals surface area (Å²) >= 11 is 0. The fourth-order valence-electron chi connectivity index (χ4n) is 9.73. The molecule has 0 spiro atoms. The van der Waals surface area contributed by atoms with Crippen molar-refractivity contribution in [2.75, 3.05) is 0 Å². The molecular weight excluding hydrogens is 743 g/mol. The maximum atomic E-state index is 5.03. The monoisotopic (exact) mass is 781 g/mol. The third kappa shape index (κ3) is 5.51. The van der Waals surface area contributed by atoms with Crippen LogP contribution in [0.15, 0.2) is 200 Å². The van der Waals surface area contributed by atoms with E-state index < -0.39 is 0 Å². The highest BCUT2D eigenvalue weighted by atomic mass is 15.0. The molecule has 12 rings (SSSR count). The molecule has 0 bridgehead atoms. The Morgan fingerprint density at radius 3 is 1.61 bits per heavy atom. The fraction of sp³-hybridized carbons (Fsp3) is 0.0536. The number of para-hydroxylation sites is 2. The standard InChI is InChI=1S/C56H39N5/c1-56(2)47-30-14-12-29-44(47)52-51(56)46-34-45-43-28-13-15-31-48(43)60(49(45)35-50(46)61(52)41-25-10-5-11-26-41)42-27-17-23-39(33-42)38-22-16-24-40(32-38)55-58-53(36-18-6-3-7-19-36)57-54(59-55)37-20-8-4-9-21-37/h3-35H,1-2H3. The lowest BCUT2D eigenvalue weighted by Crippen LogP contribution is -2.14. The van der Waals surface area contributed by atoms with Crippen molar-refractivity contribution in [3.05, 3.63) is 211 Å². The molecule has 0 atom stereocenters. The van der Waals surface area contributed by atoms with Gasteiger partial charge in [0.1, 0.15) is 0 Å². The van der Waals surface area contributed by atoms with Crippen LogP contribution in [0.1, 0.15) is 25.0 Å². The van der Waals surface area contributed by atoms with Gasteiger partial charge >= 0.3 is 0 Å². The number of fused-ring (bicyclic) bond motifs is 8. The van der Waals surface area contributed by atoms with Gasteiger partial charge < -0.3 is 9.13 Å². The SMILES string of the molecule is CC1(C)c2ccccc2-c2c1c1cc3c4ccccc4n(-c4cccc(-c5cccc(-c6nc(-c7ccccc7)nc(-c7ccccc7)n6)c5)c4)c3cc1n2-c1ccccc1. The summed E-state index contributed by atoms with van der Waals surface area (Å²) in [4.78, 5) is 15.0. The lowest BCUT2D eigenvalue weighted by atomic mass is 9.81. The molecule has 0 saturated heterocycles. The Hall–Kier alpha value is -7.89. The number of aromatic nitrogens is 5. The Balaban J connectivity index is 1.04. The quantitative estimate of drug-likeness (QED) is 0.169. The molecule has 1 aliphatic carbocycles. The fourth-order valence-corrected chi connectivity index (χ4v) is 9.73. The van der Waals surface area contributed by atoms with Gasteiger partial charge in [0, 0.05) is 55.2 Å². The van der Waals surface area contributed by atoms with Crippen LogP contribution < -0.4 is 0 Å². The lowest BCUT2D eigenvalue weighted by Gasteiger charge is -2.21. The molecule has 0 aliphatic heterocycles. The second-order valence-corrected chi connectivity index (χ2v) is 16.5. The molecule has 5 heteroatoms. The zero-order chi connectivity index (χ0) is 40.7. The lowest BCUT2D eigenvalue weighted by molar-refractivity contribution is 0.666. The van der Waals surface area contributed by atoms with Crippen LogP contribution in [0, 0.1) is 0 Å². The van der Waals surface area contributed by atoms with E-state index in [-0.39, 0.29) is 5.41 Å². The van der Waals surface area contributed by atoms with Gasteiger partial charge in [0.05, 0.1) is 22.2 Å². The molecule has 0 saturated carbocycles. The highest BCUT2D eigenvalue weighted by molar-refractivity contribution is 6.15. The summed E-state index contributed by atoms with van der Waals surface area (Å²) in [5.74, 6) is 1.93. The van der Waals surface area contributed by atoms with Crippen molar-refractivity contribution in [1.82, 2.24) is 24.1 Å². The van der Waals surface area contributed by atoms with Gasteiger partial charge in [0.25, 0.3) is 0 Å². The van der Waals surface area contributed by atoms with Crippen LogP contribution >= 0.6 is 0 Å². The summed E-state index contributed by atoms with van der Waals surface area (Å²) in [5, 5.41) is 3.78. The maximum absolute atomic E-state index is 5.03. The number of rotatable bonds is 6. The molecule has 288 valence electrons. The number of hydrogen-bond donors (Lipinski definition) is 0. The number of nitrogens with zero attached hydrogens (tertiary/aromatic N) is 5. The van der Waals surface area contributed by atoms with E-state index in [1.165, 1.54) is 55.1 Å². The summed E-state index contributed by atoms with van der Waals surface area (Å²) in [7, 11) is 0. The van der Waals surface area contributed by atoms with E-state index in [9.17, 15) is 0 Å². The smallest absolute Gasteiger partial charge is 0.164 e. The minimum atomic E-state index is -0.160. The van der Waals surface area contributed by atoms with Gasteiger partial charge in [0.15, 0.2) is 17.5 Å². The van der Waals surface area contributed by atoms with Crippen molar-refractivity contribution in [2.45, 2.75) is 19.3 Å². The van der Waals surface area contributed by atoms with Gasteiger partial charge in [-0.25, -0.2) is 15.0 Å². The first-order valence-corrected chi connectivity index (χ1v) is 20.9. The first-order chi connectivity index (χ1) is 30.0. The van der Waals surface area contributed by atoms with Crippen molar-refractivity contribution in [3.63, 3.8) is 0 Å². The molecule has 0 fully saturated rings. The van der Waals surface area contributed by atoms with Crippen LogP contribution in [0.5, 0.6) is 0 Å². The zero-order valence-electron chi connectivity index (χ0n) is 33.8. The van der Waals surface area contributed by atoms with Crippen molar-refractivity contribution in [2.24, 2.45) is 0 Å². The highest BCUT2D eigenvalue weighted by Gasteiger charge is 2.40. The molecule has 3 heterocycles. The van der Waals surface area contributed by atoms with E-state index in [0.29, 0.717) is 17.5 Å². The minimum Gasteiger partial charge on any atom is -0.309 e. The van der Waals surface area contributed by atoms with Gasteiger partial charge in [-0.15, -0.1) is 0 Å². The summed E-state index contributed by atoms with van der Waals surface area (Å²) < 4.78 is 4.93. The third-order valence-corrected chi connectivity index (χ3v) is 12.5. The topological polar surface area (TPSA) is 48.5 Å². The maximum Gasteiger partial charge on any atom is 0.164 e. The van der Waals surface area contributed by atoms with Crippen molar-refractivity contribution in [3.8, 4) is 67.9 Å². The van der Waals surface area contributed by atoms with Crippen LogP contribution in [0.4, 0.5) is 0 Å². The molecule has 1 aliphatic rings. The molecular formula is C56H39N5. The predicted molar refractivity (Wildman–Crippen MR) is 250 cm³/mol. The van der Waals surface area contributed by atoms with Crippen molar-refractivity contribution >= 4 is 32.7 Å². The van der Waals surface area contributed by atoms with E-state index in [1.807, 2.05) is 60.7 Å². The van der Waals surface area contributed by atoms with Gasteiger partial charge in [-0.3, -0.25) is 0 Å². The first kappa shape index (κ1) is 35.1. The van der Waals surface area contributed by atoms with E-state index >= 15 is 0 Å². The molecule has 0 amide bonds. The molecule has 5 nitrogen and oxygen atoms in total. The highest BCUT2D eigenvalue weighted by Crippen LogP contribution is 2.54. The van der Waals surface area contributed by atoms with E-state index in [2.05, 4.69) is 163 Å². The van der Waals surface area contributed by atoms with E-state index in [1.54, 1.807) is 0 Å². The average Bonchev–Trinajstić information content (AvgIpc) is 3.92. The van der Waals surface area contributed by atoms with E-state index in [0.717, 1.165) is 39.2 Å². The van der Waals surface area contributed by atoms with Gasteiger partial charge in [-0.1, -0.05) is 166 Å². The molecule has 0 N–H and O–H groups in total. The Morgan fingerprint density at radius 1 is 0.361 bits per heavy atom. The Morgan fingerprint density at radius 2 is 0.885 bits per heavy atom. The van der Waals surface area contributed by atoms with Gasteiger partial charge in [0.2, 0.25) is 0 Å². The van der Waals surface area contributed by atoms with Crippen molar-refractivity contribution < 1.29 is 0 Å². The molecule has 11 aromatic rings. The number of benzene rings is 8. The number of hydrogen-bond acceptors (Lipinski definition) is 3. The summed E-state index contributed by atoms with van der Waals surface area (Å²) in [6.07, 6.45) is 0. The summed E-state index contributed by atoms with van der Waals surface area (Å²) in [6.45, 7) is 4.76. The van der Waals surface area contributed by atoms with Crippen LogP contribution in [0.3, 0.4) is 0 Å². The van der Waals surface area contributed by atoms with Gasteiger partial charge in [-0.2, -0.15) is 0 Å². The van der Waals surface area contributed by atoms with Crippen LogP contribution in [-0.4, -0.2) is 24.1 Å². The predicted octanol–water partition coefficient (Wildman–Crippen LogP) is 13.9. The first-order valence-electron chi connectivity index (χ1n) is 20.9. The molecule has 3 aromatic heterocycles. The Kier molecular flexibility index (Phi) is 7.81. The summed E-state index contributed by atoms with van der Waals surface area (Å²) in [6, 6.07) is 71.2. The second-order valence-electron chi connectivity index (χ2n) is 16.5. The normalized spacial score (nSPS) is 12.9. The second kappa shape index (κ2) is 13.6. The largest absolute Gasteiger partial charge is 0.309 e. The average molecular weight is 782 g/mol. The molecule has 0 radical (unpaired) electrons. The molecule has 0 unspecified atom stereocenters. The van der Waals surface area contributed by atoms with Crippen LogP contribution in [0.2, 0.25) is 0 Å². The Labute approximate surface area is 353 Å². The molecule has 8 aromatic carbocycles. The minimum absolute atomic E-state index is 0.160. The molecule has 61 heavy (non-hydrogen) atoms. The Bertz CT molecular complexity index is 3430.